The van der Waals surface area contributed by atoms with E-state index < -0.39 is 32.4 Å². The van der Waals surface area contributed by atoms with Gasteiger partial charge in [0.25, 0.3) is 0 Å². The fourth-order valence-corrected chi connectivity index (χ4v) is 3.92. The highest BCUT2D eigenvalue weighted by molar-refractivity contribution is 9.09. The number of nitrogens with one attached hydrogen (secondary N) is 1. The first-order chi connectivity index (χ1) is 9.09. The van der Waals surface area contributed by atoms with Crippen LogP contribution in [0.5, 0.6) is 0 Å². The summed E-state index contributed by atoms with van der Waals surface area (Å²) in [4.78, 5) is -1.16. The smallest absolute Gasteiger partial charge is 0.210 e. The Bertz CT molecular complexity index is 567. The van der Waals surface area contributed by atoms with Gasteiger partial charge in [0.1, 0.15) is 17.5 Å². The Hall–Kier alpha value is -0.600. The molecule has 114 valence electrons. The Morgan fingerprint density at radius 3 is 2.15 bits per heavy atom. The summed E-state index contributed by atoms with van der Waals surface area (Å²) in [7, 11) is -4.37. The second-order valence-corrected chi connectivity index (χ2v) is 7.62. The minimum atomic E-state index is -4.37. The Labute approximate surface area is 124 Å². The minimum Gasteiger partial charge on any atom is -0.210 e. The molecule has 0 saturated heterocycles. The zero-order valence-corrected chi connectivity index (χ0v) is 13.4. The first-order valence-electron chi connectivity index (χ1n) is 5.79. The van der Waals surface area contributed by atoms with E-state index in [1.165, 1.54) is 0 Å². The van der Waals surface area contributed by atoms with E-state index in [9.17, 15) is 21.6 Å². The molecule has 0 atom stereocenters. The minimum absolute atomic E-state index is 0.0111. The van der Waals surface area contributed by atoms with Gasteiger partial charge in [0.05, 0.1) is 0 Å². The van der Waals surface area contributed by atoms with Gasteiger partial charge in [-0.2, -0.15) is 0 Å². The molecule has 0 spiro atoms. The monoisotopic (exact) mass is 373 g/mol. The average molecular weight is 374 g/mol. The van der Waals surface area contributed by atoms with Gasteiger partial charge in [-0.15, -0.1) is 0 Å². The maximum atomic E-state index is 13.5. The molecule has 3 nitrogen and oxygen atoms in total. The lowest BCUT2D eigenvalue weighted by Crippen LogP contribution is -2.35. The van der Waals surface area contributed by atoms with Crippen molar-refractivity contribution in [1.29, 1.82) is 0 Å². The predicted molar refractivity (Wildman–Crippen MR) is 73.7 cm³/mol. The number of alkyl halides is 1. The lowest BCUT2D eigenvalue weighted by Gasteiger charge is -2.23. The van der Waals surface area contributed by atoms with Crippen LogP contribution in [0.1, 0.15) is 20.3 Å². The molecule has 0 unspecified atom stereocenters. The van der Waals surface area contributed by atoms with Crippen LogP contribution in [-0.4, -0.2) is 20.3 Å². The second-order valence-electron chi connectivity index (χ2n) is 5.13. The molecule has 8 heteroatoms. The van der Waals surface area contributed by atoms with Crippen LogP contribution in [0.15, 0.2) is 17.0 Å². The molecule has 0 radical (unpaired) electrons. The summed E-state index contributed by atoms with van der Waals surface area (Å²) in [5, 5.41) is 0.668. The van der Waals surface area contributed by atoms with Gasteiger partial charge >= 0.3 is 0 Å². The molecule has 0 fully saturated rings. The van der Waals surface area contributed by atoms with E-state index in [1.807, 2.05) is 13.8 Å². The van der Waals surface area contributed by atoms with Crippen molar-refractivity contribution >= 4 is 26.0 Å². The number of sulfonamides is 1. The average Bonchev–Trinajstić information content (AvgIpc) is 2.24. The van der Waals surface area contributed by atoms with Crippen LogP contribution in [0.3, 0.4) is 0 Å². The molecule has 20 heavy (non-hydrogen) atoms. The van der Waals surface area contributed by atoms with Gasteiger partial charge in [-0.25, -0.2) is 26.3 Å². The third-order valence-corrected chi connectivity index (χ3v) is 4.59. The van der Waals surface area contributed by atoms with Gasteiger partial charge in [0.15, 0.2) is 4.90 Å². The first-order valence-corrected chi connectivity index (χ1v) is 8.40. The lowest BCUT2D eigenvalue weighted by molar-refractivity contribution is 0.353. The number of hydrogen-bond donors (Lipinski definition) is 1. The quantitative estimate of drug-likeness (QED) is 0.778. The molecule has 1 N–H and O–H groups in total. The molecule has 0 heterocycles. The molecule has 0 aromatic heterocycles. The predicted octanol–water partition coefficient (Wildman–Crippen LogP) is 3.19. The van der Waals surface area contributed by atoms with Gasteiger partial charge < -0.3 is 0 Å². The maximum absolute atomic E-state index is 13.5. The summed E-state index contributed by atoms with van der Waals surface area (Å²) in [6.45, 7) is 3.64. The van der Waals surface area contributed by atoms with Gasteiger partial charge in [0, 0.05) is 24.0 Å². The van der Waals surface area contributed by atoms with Crippen LogP contribution in [0.2, 0.25) is 0 Å². The van der Waals surface area contributed by atoms with Crippen molar-refractivity contribution in [1.82, 2.24) is 4.72 Å². The zero-order valence-electron chi connectivity index (χ0n) is 11.0. The van der Waals surface area contributed by atoms with E-state index >= 15 is 0 Å². The standard InChI is InChI=1S/C12H15BrF3NO2S/c1-12(2,3-4-13)7-17-20(18,19)11-9(15)5-8(14)6-10(11)16/h5-6,17H,3-4,7H2,1-2H3. The highest BCUT2D eigenvalue weighted by Crippen LogP contribution is 2.23. The van der Waals surface area contributed by atoms with Gasteiger partial charge in [0.2, 0.25) is 10.0 Å². The van der Waals surface area contributed by atoms with E-state index in [0.717, 1.165) is 0 Å². The molecule has 0 aliphatic heterocycles. The summed E-state index contributed by atoms with van der Waals surface area (Å²) in [6, 6.07) is 0.669. The molecular weight excluding hydrogens is 359 g/mol. The van der Waals surface area contributed by atoms with Crippen LogP contribution in [-0.2, 0) is 10.0 Å². The van der Waals surface area contributed by atoms with E-state index in [-0.39, 0.29) is 12.0 Å². The fourth-order valence-electron chi connectivity index (χ4n) is 1.49. The van der Waals surface area contributed by atoms with Crippen molar-refractivity contribution in [2.45, 2.75) is 25.2 Å². The fraction of sp³-hybridized carbons (Fsp3) is 0.500. The number of halogens is 4. The molecule has 0 aliphatic carbocycles. The summed E-state index contributed by atoms with van der Waals surface area (Å²) in [6.07, 6.45) is 0.671. The topological polar surface area (TPSA) is 46.2 Å². The normalized spacial score (nSPS) is 12.7. The van der Waals surface area contributed by atoms with Crippen molar-refractivity contribution in [2.24, 2.45) is 5.41 Å². The Kier molecular flexibility index (Phi) is 5.62. The van der Waals surface area contributed by atoms with Crippen LogP contribution < -0.4 is 4.72 Å². The van der Waals surface area contributed by atoms with Crippen molar-refractivity contribution in [3.63, 3.8) is 0 Å². The van der Waals surface area contributed by atoms with E-state index in [2.05, 4.69) is 20.7 Å². The van der Waals surface area contributed by atoms with Crippen molar-refractivity contribution < 1.29 is 21.6 Å². The van der Waals surface area contributed by atoms with Crippen molar-refractivity contribution in [3.8, 4) is 0 Å². The summed E-state index contributed by atoms with van der Waals surface area (Å²) in [5.41, 5.74) is -0.385. The molecule has 1 rings (SSSR count). The molecule has 0 bridgehead atoms. The molecule has 0 amide bonds. The Morgan fingerprint density at radius 2 is 1.70 bits per heavy atom. The Balaban J connectivity index is 3.01. The number of benzene rings is 1. The first kappa shape index (κ1) is 17.5. The van der Waals surface area contributed by atoms with Gasteiger partial charge in [-0.3, -0.25) is 0 Å². The summed E-state index contributed by atoms with van der Waals surface area (Å²) in [5.74, 6) is -4.07. The second kappa shape index (κ2) is 6.44. The lowest BCUT2D eigenvalue weighted by atomic mass is 9.91. The number of rotatable bonds is 6. The van der Waals surface area contributed by atoms with E-state index in [1.54, 1.807) is 0 Å². The van der Waals surface area contributed by atoms with Crippen molar-refractivity contribution in [2.75, 3.05) is 11.9 Å². The summed E-state index contributed by atoms with van der Waals surface area (Å²) < 4.78 is 65.7. The summed E-state index contributed by atoms with van der Waals surface area (Å²) >= 11 is 3.24. The molecule has 1 aromatic carbocycles. The van der Waals surface area contributed by atoms with Gasteiger partial charge in [-0.1, -0.05) is 29.8 Å². The maximum Gasteiger partial charge on any atom is 0.246 e. The van der Waals surface area contributed by atoms with Crippen LogP contribution in [0, 0.1) is 22.9 Å². The molecule has 1 aromatic rings. The zero-order chi connectivity index (χ0) is 15.6. The number of hydrogen-bond acceptors (Lipinski definition) is 2. The third kappa shape index (κ3) is 4.46. The van der Waals surface area contributed by atoms with Crippen LogP contribution in [0.4, 0.5) is 13.2 Å². The highest BCUT2D eigenvalue weighted by atomic mass is 79.9. The highest BCUT2D eigenvalue weighted by Gasteiger charge is 2.27. The SMILES string of the molecule is CC(C)(CCBr)CNS(=O)(=O)c1c(F)cc(F)cc1F. The molecule has 0 aliphatic rings. The Morgan fingerprint density at radius 1 is 1.20 bits per heavy atom. The molecule has 0 saturated carbocycles. The van der Waals surface area contributed by atoms with Gasteiger partial charge in [-0.05, 0) is 11.8 Å². The molecular formula is C12H15BrF3NO2S. The van der Waals surface area contributed by atoms with E-state index in [4.69, 9.17) is 0 Å². The van der Waals surface area contributed by atoms with Crippen molar-refractivity contribution in [3.05, 3.63) is 29.6 Å². The van der Waals surface area contributed by atoms with Crippen LogP contribution >= 0.6 is 15.9 Å². The largest absolute Gasteiger partial charge is 0.246 e. The third-order valence-electron chi connectivity index (χ3n) is 2.74. The van der Waals surface area contributed by atoms with E-state index in [0.29, 0.717) is 23.9 Å². The van der Waals surface area contributed by atoms with Crippen LogP contribution in [0.25, 0.3) is 0 Å².